The summed E-state index contributed by atoms with van der Waals surface area (Å²) in [6.07, 6.45) is -4.25. The first kappa shape index (κ1) is 17.8. The van der Waals surface area contributed by atoms with E-state index < -0.39 is 29.1 Å². The third-order valence-corrected chi connectivity index (χ3v) is 5.37. The van der Waals surface area contributed by atoms with E-state index in [9.17, 15) is 26.7 Å². The molecular formula is C16H11F5N4OS. The number of hydrogen-bond donors (Lipinski definition) is 0. The Morgan fingerprint density at radius 1 is 1.30 bits per heavy atom. The van der Waals surface area contributed by atoms with E-state index in [4.69, 9.17) is 0 Å². The Kier molecular flexibility index (Phi) is 4.13. The molecule has 0 saturated carbocycles. The zero-order valence-electron chi connectivity index (χ0n) is 13.5. The van der Waals surface area contributed by atoms with Crippen LogP contribution in [0.1, 0.15) is 4.88 Å². The zero-order valence-corrected chi connectivity index (χ0v) is 14.3. The van der Waals surface area contributed by atoms with Crippen molar-refractivity contribution >= 4 is 28.3 Å². The van der Waals surface area contributed by atoms with Crippen molar-refractivity contribution in [1.82, 2.24) is 19.7 Å². The number of hydrogen-bond acceptors (Lipinski definition) is 4. The van der Waals surface area contributed by atoms with Gasteiger partial charge in [-0.1, -0.05) is 0 Å². The van der Waals surface area contributed by atoms with Gasteiger partial charge in [0.25, 0.3) is 5.95 Å². The van der Waals surface area contributed by atoms with Gasteiger partial charge in [0.05, 0.1) is 18.6 Å². The topological polar surface area (TPSA) is 51.0 Å². The smallest absolute Gasteiger partial charge is 0.335 e. The maximum absolute atomic E-state index is 14.0. The van der Waals surface area contributed by atoms with Crippen molar-refractivity contribution in [2.24, 2.45) is 0 Å². The van der Waals surface area contributed by atoms with E-state index in [1.807, 2.05) is 0 Å². The molecule has 27 heavy (non-hydrogen) atoms. The number of thiophene rings is 1. The van der Waals surface area contributed by atoms with E-state index in [0.717, 1.165) is 10.7 Å². The lowest BCUT2D eigenvalue weighted by Gasteiger charge is -2.34. The minimum absolute atomic E-state index is 0.0145. The normalized spacial score (nSPS) is 15.4. The molecule has 0 atom stereocenters. The van der Waals surface area contributed by atoms with Gasteiger partial charge in [0.2, 0.25) is 5.91 Å². The van der Waals surface area contributed by atoms with Crippen molar-refractivity contribution in [2.45, 2.75) is 18.9 Å². The summed E-state index contributed by atoms with van der Waals surface area (Å²) in [5, 5.41) is 3.64. The molecule has 0 aromatic carbocycles. The predicted molar refractivity (Wildman–Crippen MR) is 87.3 cm³/mol. The van der Waals surface area contributed by atoms with E-state index in [-0.39, 0.29) is 30.7 Å². The first-order valence-corrected chi connectivity index (χ1v) is 8.65. The fraction of sp³-hybridized carbons (Fsp3) is 0.312. The van der Waals surface area contributed by atoms with Crippen LogP contribution in [0.3, 0.4) is 0 Å². The molecule has 3 aromatic heterocycles. The minimum Gasteiger partial charge on any atom is -0.335 e. The number of aromatic nitrogens is 3. The summed E-state index contributed by atoms with van der Waals surface area (Å²) in [7, 11) is 0. The fourth-order valence-corrected chi connectivity index (χ4v) is 3.63. The van der Waals surface area contributed by atoms with Gasteiger partial charge in [0.15, 0.2) is 0 Å². The van der Waals surface area contributed by atoms with Crippen molar-refractivity contribution in [3.8, 4) is 10.4 Å². The van der Waals surface area contributed by atoms with Crippen molar-refractivity contribution in [3.63, 3.8) is 0 Å². The van der Waals surface area contributed by atoms with Crippen LogP contribution in [-0.4, -0.2) is 44.8 Å². The second-order valence-corrected chi connectivity index (χ2v) is 7.18. The molecule has 5 nitrogen and oxygen atoms in total. The number of fused-ring (bicyclic) bond motifs is 1. The van der Waals surface area contributed by atoms with Gasteiger partial charge in [0.1, 0.15) is 23.1 Å². The Hall–Kier alpha value is -2.56. The van der Waals surface area contributed by atoms with Crippen LogP contribution < -0.4 is 0 Å². The van der Waals surface area contributed by atoms with Gasteiger partial charge >= 0.3 is 6.18 Å². The molecule has 4 rings (SSSR count). The number of alkyl halides is 4. The summed E-state index contributed by atoms with van der Waals surface area (Å²) in [4.78, 5) is 16.9. The lowest BCUT2D eigenvalue weighted by atomic mass is 10.2. The SMILES string of the molecule is O=C(Cn1nc(F)c2ncc(-c3ccc(C(F)(F)F)s3)cc21)N1CC(F)C1. The number of rotatable bonds is 3. The number of carbonyl (C=O) groups excluding carboxylic acids is 1. The van der Waals surface area contributed by atoms with Crippen LogP contribution in [0.5, 0.6) is 0 Å². The van der Waals surface area contributed by atoms with E-state index in [2.05, 4.69) is 10.1 Å². The molecule has 11 heteroatoms. The van der Waals surface area contributed by atoms with Gasteiger partial charge < -0.3 is 4.90 Å². The summed E-state index contributed by atoms with van der Waals surface area (Å²) >= 11 is 0.541. The monoisotopic (exact) mass is 402 g/mol. The average molecular weight is 402 g/mol. The van der Waals surface area contributed by atoms with Crippen LogP contribution in [0, 0.1) is 5.95 Å². The molecule has 142 valence electrons. The van der Waals surface area contributed by atoms with Gasteiger partial charge in [-0.05, 0) is 18.2 Å². The summed E-state index contributed by atoms with van der Waals surface area (Å²) in [6, 6.07) is 3.70. The highest BCUT2D eigenvalue weighted by molar-refractivity contribution is 7.15. The zero-order chi connectivity index (χ0) is 19.3. The van der Waals surface area contributed by atoms with Gasteiger partial charge in [-0.3, -0.25) is 9.48 Å². The lowest BCUT2D eigenvalue weighted by molar-refractivity contribution is -0.139. The molecule has 3 aromatic rings. The summed E-state index contributed by atoms with van der Waals surface area (Å²) in [6.45, 7) is -0.338. The number of likely N-dealkylation sites (tertiary alicyclic amines) is 1. The molecule has 0 unspecified atom stereocenters. The third kappa shape index (κ3) is 3.27. The molecular weight excluding hydrogens is 391 g/mol. The molecule has 0 aliphatic carbocycles. The number of nitrogens with zero attached hydrogens (tertiary/aromatic N) is 4. The molecule has 0 radical (unpaired) electrons. The molecule has 0 spiro atoms. The van der Waals surface area contributed by atoms with E-state index in [0.29, 0.717) is 21.8 Å². The molecule has 1 saturated heterocycles. The highest BCUT2D eigenvalue weighted by Crippen LogP contribution is 2.38. The fourth-order valence-electron chi connectivity index (χ4n) is 2.77. The Morgan fingerprint density at radius 3 is 2.67 bits per heavy atom. The van der Waals surface area contributed by atoms with Crippen LogP contribution in [0.4, 0.5) is 22.0 Å². The number of carbonyl (C=O) groups is 1. The Bertz CT molecular complexity index is 1020. The number of pyridine rings is 1. The van der Waals surface area contributed by atoms with Gasteiger partial charge in [0, 0.05) is 16.6 Å². The van der Waals surface area contributed by atoms with Crippen molar-refractivity contribution in [2.75, 3.05) is 13.1 Å². The average Bonchev–Trinajstić information content (AvgIpc) is 3.17. The molecule has 0 N–H and O–H groups in total. The molecule has 1 aliphatic heterocycles. The van der Waals surface area contributed by atoms with Crippen LogP contribution in [-0.2, 0) is 17.5 Å². The van der Waals surface area contributed by atoms with Crippen molar-refractivity contribution < 1.29 is 26.7 Å². The largest absolute Gasteiger partial charge is 0.425 e. The standard InChI is InChI=1S/C16H11F5N4OS/c17-9-5-24(6-9)13(26)7-25-10-3-8(4-22-14(10)15(18)23-25)11-1-2-12(27-11)16(19,20)21/h1-4,9H,5-7H2. The maximum Gasteiger partial charge on any atom is 0.425 e. The predicted octanol–water partition coefficient (Wildman–Crippen LogP) is 3.50. The van der Waals surface area contributed by atoms with Crippen molar-refractivity contribution in [1.29, 1.82) is 0 Å². The quantitative estimate of drug-likeness (QED) is 0.631. The highest BCUT2D eigenvalue weighted by atomic mass is 32.1. The Morgan fingerprint density at radius 2 is 2.04 bits per heavy atom. The highest BCUT2D eigenvalue weighted by Gasteiger charge is 2.33. The second-order valence-electron chi connectivity index (χ2n) is 6.10. The number of halogens is 5. The van der Waals surface area contributed by atoms with E-state index >= 15 is 0 Å². The van der Waals surface area contributed by atoms with Gasteiger partial charge in [-0.2, -0.15) is 17.6 Å². The van der Waals surface area contributed by atoms with Gasteiger partial charge in [-0.15, -0.1) is 16.4 Å². The Labute approximate surface area is 153 Å². The summed E-state index contributed by atoms with van der Waals surface area (Å²) in [5.74, 6) is -1.31. The van der Waals surface area contributed by atoms with Gasteiger partial charge in [-0.25, -0.2) is 9.37 Å². The second kappa shape index (κ2) is 6.25. The molecule has 0 bridgehead atoms. The first-order chi connectivity index (χ1) is 12.7. The lowest BCUT2D eigenvalue weighted by Crippen LogP contribution is -2.52. The summed E-state index contributed by atoms with van der Waals surface area (Å²) in [5.41, 5.74) is 0.438. The molecule has 4 heterocycles. The molecule has 1 fully saturated rings. The van der Waals surface area contributed by atoms with Crippen LogP contribution in [0.15, 0.2) is 24.4 Å². The first-order valence-electron chi connectivity index (χ1n) is 7.83. The van der Waals surface area contributed by atoms with E-state index in [1.54, 1.807) is 0 Å². The van der Waals surface area contributed by atoms with Crippen LogP contribution in [0.2, 0.25) is 0 Å². The van der Waals surface area contributed by atoms with E-state index in [1.165, 1.54) is 23.2 Å². The minimum atomic E-state index is -4.45. The van der Waals surface area contributed by atoms with Crippen LogP contribution in [0.25, 0.3) is 21.5 Å². The number of amides is 1. The maximum atomic E-state index is 14.0. The van der Waals surface area contributed by atoms with Crippen LogP contribution >= 0.6 is 11.3 Å². The van der Waals surface area contributed by atoms with Crippen molar-refractivity contribution in [3.05, 3.63) is 35.2 Å². The third-order valence-electron chi connectivity index (χ3n) is 4.19. The summed E-state index contributed by atoms with van der Waals surface area (Å²) < 4.78 is 66.3. The Balaban J connectivity index is 1.67. The molecule has 1 aliphatic rings. The molecule has 1 amide bonds.